The molecule has 3 aromatic rings. The Labute approximate surface area is 185 Å². The number of aromatic nitrogens is 2. The molecule has 0 saturated carbocycles. The molecule has 0 bridgehead atoms. The van der Waals surface area contributed by atoms with E-state index in [1.165, 1.54) is 37.3 Å². The summed E-state index contributed by atoms with van der Waals surface area (Å²) in [4.78, 5) is 19.4. The van der Waals surface area contributed by atoms with Crippen LogP contribution in [-0.4, -0.2) is 15.9 Å². The average Bonchev–Trinajstić information content (AvgIpc) is 2.67. The molecule has 12 heteroatoms. The molecular weight excluding hydrogens is 508 g/mol. The lowest BCUT2D eigenvalue weighted by Crippen LogP contribution is -2.14. The Bertz CT molecular complexity index is 1150. The zero-order valence-electron chi connectivity index (χ0n) is 16.0. The number of amides is 1. The normalized spacial score (nSPS) is 11.9. The third-order valence-electron chi connectivity index (χ3n) is 3.93. The number of nitrogens with zero attached hydrogens (tertiary/aromatic N) is 2. The predicted molar refractivity (Wildman–Crippen MR) is 105 cm³/mol. The van der Waals surface area contributed by atoms with Crippen molar-refractivity contribution >= 4 is 27.5 Å². The number of hydrogen-bond acceptors (Lipinski definition) is 4. The zero-order chi connectivity index (χ0) is 23.7. The number of anilines is 1. The van der Waals surface area contributed by atoms with Gasteiger partial charge < -0.3 is 10.1 Å². The van der Waals surface area contributed by atoms with Crippen LogP contribution in [0.2, 0.25) is 0 Å². The molecular formula is C20H12BrF6N3O2. The van der Waals surface area contributed by atoms with Crippen molar-refractivity contribution in [1.82, 2.24) is 9.97 Å². The maximum atomic E-state index is 12.9. The van der Waals surface area contributed by atoms with Crippen molar-refractivity contribution in [1.29, 1.82) is 0 Å². The fraction of sp³-hybridized carbons (Fsp3) is 0.150. The van der Waals surface area contributed by atoms with Crippen molar-refractivity contribution in [3.05, 3.63) is 75.6 Å². The number of nitrogens with one attached hydrogen (secondary N) is 1. The van der Waals surface area contributed by atoms with E-state index in [1.807, 2.05) is 0 Å². The molecule has 2 aromatic carbocycles. The summed E-state index contributed by atoms with van der Waals surface area (Å²) in [5.41, 5.74) is -2.14. The van der Waals surface area contributed by atoms with Gasteiger partial charge in [-0.05, 0) is 49.4 Å². The molecule has 0 aliphatic carbocycles. The molecule has 0 aliphatic heterocycles. The lowest BCUT2D eigenvalue weighted by molar-refractivity contribution is -0.141. The molecule has 0 radical (unpaired) electrons. The van der Waals surface area contributed by atoms with Crippen molar-refractivity contribution in [3.63, 3.8) is 0 Å². The molecule has 0 atom stereocenters. The highest BCUT2D eigenvalue weighted by atomic mass is 79.9. The van der Waals surface area contributed by atoms with Gasteiger partial charge in [0.25, 0.3) is 5.91 Å². The van der Waals surface area contributed by atoms with Crippen LogP contribution in [0.3, 0.4) is 0 Å². The maximum Gasteiger partial charge on any atom is 0.433 e. The predicted octanol–water partition coefficient (Wildman–Crippen LogP) is 6.63. The Kier molecular flexibility index (Phi) is 6.44. The van der Waals surface area contributed by atoms with Crippen molar-refractivity contribution < 1.29 is 35.9 Å². The number of hydrogen-bond donors (Lipinski definition) is 1. The number of rotatable bonds is 4. The minimum atomic E-state index is -4.67. The second-order valence-corrected chi connectivity index (χ2v) is 7.36. The molecule has 32 heavy (non-hydrogen) atoms. The number of benzene rings is 2. The van der Waals surface area contributed by atoms with Crippen molar-refractivity contribution in [2.45, 2.75) is 19.3 Å². The third-order valence-corrected chi connectivity index (χ3v) is 4.38. The van der Waals surface area contributed by atoms with E-state index in [1.54, 1.807) is 0 Å². The smallest absolute Gasteiger partial charge is 0.433 e. The van der Waals surface area contributed by atoms with Crippen molar-refractivity contribution in [2.24, 2.45) is 0 Å². The summed E-state index contributed by atoms with van der Waals surface area (Å²) in [5, 5.41) is 2.44. The molecule has 1 N–H and O–H groups in total. The zero-order valence-corrected chi connectivity index (χ0v) is 17.6. The van der Waals surface area contributed by atoms with Crippen LogP contribution in [0.25, 0.3) is 0 Å². The van der Waals surface area contributed by atoms with Crippen LogP contribution < -0.4 is 10.1 Å². The number of carbonyl (C=O) groups excluding carboxylic acids is 1. The van der Waals surface area contributed by atoms with Gasteiger partial charge in [-0.25, -0.2) is 4.98 Å². The Hall–Kier alpha value is -3.15. The Morgan fingerprint density at radius 2 is 1.59 bits per heavy atom. The first-order valence-corrected chi connectivity index (χ1v) is 9.50. The topological polar surface area (TPSA) is 64.1 Å². The van der Waals surface area contributed by atoms with Gasteiger partial charge in [-0.2, -0.15) is 31.3 Å². The van der Waals surface area contributed by atoms with E-state index < -0.39 is 29.5 Å². The van der Waals surface area contributed by atoms with Gasteiger partial charge in [0, 0.05) is 21.8 Å². The van der Waals surface area contributed by atoms with Gasteiger partial charge in [-0.1, -0.05) is 15.9 Å². The van der Waals surface area contributed by atoms with E-state index in [0.29, 0.717) is 12.1 Å². The van der Waals surface area contributed by atoms with Gasteiger partial charge in [0.15, 0.2) is 5.69 Å². The summed E-state index contributed by atoms with van der Waals surface area (Å²) in [7, 11) is 0. The Morgan fingerprint density at radius 3 is 2.19 bits per heavy atom. The monoisotopic (exact) mass is 519 g/mol. The Balaban J connectivity index is 1.74. The van der Waals surface area contributed by atoms with Crippen LogP contribution in [0.15, 0.2) is 53.0 Å². The first-order chi connectivity index (χ1) is 14.8. The van der Waals surface area contributed by atoms with E-state index in [9.17, 15) is 31.1 Å². The number of halogens is 7. The average molecular weight is 520 g/mol. The van der Waals surface area contributed by atoms with E-state index in [0.717, 1.165) is 6.07 Å². The molecule has 0 unspecified atom stereocenters. The second-order valence-electron chi connectivity index (χ2n) is 6.44. The number of aryl methyl sites for hydroxylation is 1. The van der Waals surface area contributed by atoms with Gasteiger partial charge in [0.1, 0.15) is 11.6 Å². The van der Waals surface area contributed by atoms with Crippen LogP contribution in [0, 0.1) is 6.92 Å². The van der Waals surface area contributed by atoms with Gasteiger partial charge in [-0.15, -0.1) is 0 Å². The fourth-order valence-corrected chi connectivity index (χ4v) is 3.05. The molecule has 0 spiro atoms. The highest BCUT2D eigenvalue weighted by Crippen LogP contribution is 2.33. The lowest BCUT2D eigenvalue weighted by atomic mass is 10.1. The van der Waals surface area contributed by atoms with Gasteiger partial charge in [0.05, 0.1) is 5.56 Å². The highest BCUT2D eigenvalue weighted by Gasteiger charge is 2.34. The number of ether oxygens (including phenoxy) is 1. The summed E-state index contributed by atoms with van der Waals surface area (Å²) < 4.78 is 82.8. The van der Waals surface area contributed by atoms with E-state index in [4.69, 9.17) is 4.74 Å². The van der Waals surface area contributed by atoms with Crippen LogP contribution in [0.4, 0.5) is 32.0 Å². The lowest BCUT2D eigenvalue weighted by Gasteiger charge is -2.12. The van der Waals surface area contributed by atoms with Crippen LogP contribution >= 0.6 is 15.9 Å². The van der Waals surface area contributed by atoms with Gasteiger partial charge >= 0.3 is 12.4 Å². The third kappa shape index (κ3) is 5.96. The molecule has 5 nitrogen and oxygen atoms in total. The van der Waals surface area contributed by atoms with E-state index in [-0.39, 0.29) is 33.2 Å². The molecule has 168 valence electrons. The second kappa shape index (κ2) is 8.77. The van der Waals surface area contributed by atoms with Crippen LogP contribution in [-0.2, 0) is 12.4 Å². The number of carbonyl (C=O) groups is 1. The molecule has 1 amide bonds. The minimum absolute atomic E-state index is 0.0830. The van der Waals surface area contributed by atoms with Crippen LogP contribution in [0.1, 0.15) is 27.4 Å². The van der Waals surface area contributed by atoms with Crippen molar-refractivity contribution in [3.8, 4) is 11.6 Å². The SMILES string of the molecule is Cc1nc(Oc2ccc(NC(=O)c3cc(Br)cc(C(F)(F)F)c3)cc2)cc(C(F)(F)F)n1. The molecule has 1 heterocycles. The number of alkyl halides is 6. The molecule has 0 fully saturated rings. The molecule has 3 rings (SSSR count). The first kappa shape index (κ1) is 23.5. The standard InChI is InChI=1S/C20H12BrF6N3O2/c1-10-28-16(20(25,26)27)9-17(29-10)32-15-4-2-14(3-5-15)30-18(31)11-6-12(19(22,23)24)8-13(21)7-11/h2-9H,1H3,(H,30,31). The summed E-state index contributed by atoms with van der Waals surface area (Å²) in [6.07, 6.45) is -9.29. The minimum Gasteiger partial charge on any atom is -0.439 e. The maximum absolute atomic E-state index is 12.9. The quantitative estimate of drug-likeness (QED) is 0.393. The summed E-state index contributed by atoms with van der Waals surface area (Å²) in [6.45, 7) is 1.28. The van der Waals surface area contributed by atoms with Gasteiger partial charge in [0.2, 0.25) is 5.88 Å². The Morgan fingerprint density at radius 1 is 0.938 bits per heavy atom. The first-order valence-electron chi connectivity index (χ1n) is 8.71. The molecule has 1 aromatic heterocycles. The summed E-state index contributed by atoms with van der Waals surface area (Å²) in [5.74, 6) is -1.12. The summed E-state index contributed by atoms with van der Waals surface area (Å²) in [6, 6.07) is 8.88. The van der Waals surface area contributed by atoms with E-state index >= 15 is 0 Å². The van der Waals surface area contributed by atoms with Gasteiger partial charge in [-0.3, -0.25) is 4.79 Å². The fourth-order valence-electron chi connectivity index (χ4n) is 2.55. The van der Waals surface area contributed by atoms with Crippen molar-refractivity contribution in [2.75, 3.05) is 5.32 Å². The summed E-state index contributed by atoms with van der Waals surface area (Å²) >= 11 is 2.95. The highest BCUT2D eigenvalue weighted by molar-refractivity contribution is 9.10. The largest absolute Gasteiger partial charge is 0.439 e. The van der Waals surface area contributed by atoms with E-state index in [2.05, 4.69) is 31.2 Å². The molecule has 0 saturated heterocycles. The van der Waals surface area contributed by atoms with Crippen LogP contribution in [0.5, 0.6) is 11.6 Å². The molecule has 0 aliphatic rings.